The molecule has 2 heterocycles. The SMILES string of the molecule is CCCSc1nc(Cl)c2[nH]c(=O)n(Cc3ccc(Cl)c(F)c3)c2n1. The minimum atomic E-state index is -0.533. The molecule has 0 fully saturated rings. The fourth-order valence-corrected chi connectivity index (χ4v) is 3.28. The highest BCUT2D eigenvalue weighted by Gasteiger charge is 2.15. The minimum Gasteiger partial charge on any atom is -0.302 e. The molecule has 0 unspecified atom stereocenters. The van der Waals surface area contributed by atoms with E-state index in [9.17, 15) is 9.18 Å². The van der Waals surface area contributed by atoms with Crippen molar-refractivity contribution < 1.29 is 4.39 Å². The average Bonchev–Trinajstić information content (AvgIpc) is 2.86. The minimum absolute atomic E-state index is 0.0358. The van der Waals surface area contributed by atoms with Crippen LogP contribution in [0.2, 0.25) is 10.2 Å². The summed E-state index contributed by atoms with van der Waals surface area (Å²) < 4.78 is 15.0. The second kappa shape index (κ2) is 7.13. The van der Waals surface area contributed by atoms with E-state index in [1.807, 2.05) is 0 Å². The Kier molecular flexibility index (Phi) is 5.12. The summed E-state index contributed by atoms with van der Waals surface area (Å²) in [4.78, 5) is 23.5. The molecule has 0 spiro atoms. The molecule has 0 saturated heterocycles. The van der Waals surface area contributed by atoms with Crippen molar-refractivity contribution in [3.05, 3.63) is 50.2 Å². The van der Waals surface area contributed by atoms with Gasteiger partial charge in [-0.3, -0.25) is 4.57 Å². The van der Waals surface area contributed by atoms with Crippen molar-refractivity contribution >= 4 is 46.1 Å². The third-order valence-corrected chi connectivity index (χ3v) is 4.95. The van der Waals surface area contributed by atoms with Gasteiger partial charge in [0.15, 0.2) is 16.0 Å². The lowest BCUT2D eigenvalue weighted by atomic mass is 10.2. The van der Waals surface area contributed by atoms with E-state index >= 15 is 0 Å². The molecule has 126 valence electrons. The van der Waals surface area contributed by atoms with Crippen molar-refractivity contribution in [2.24, 2.45) is 0 Å². The lowest BCUT2D eigenvalue weighted by Crippen LogP contribution is -2.17. The maximum absolute atomic E-state index is 13.6. The Morgan fingerprint density at radius 1 is 1.33 bits per heavy atom. The summed E-state index contributed by atoms with van der Waals surface area (Å²) in [6.07, 6.45) is 0.966. The molecule has 3 rings (SSSR count). The summed E-state index contributed by atoms with van der Waals surface area (Å²) in [5.74, 6) is 0.313. The number of nitrogens with zero attached hydrogens (tertiary/aromatic N) is 3. The number of nitrogens with one attached hydrogen (secondary N) is 1. The summed E-state index contributed by atoms with van der Waals surface area (Å²) in [7, 11) is 0. The Morgan fingerprint density at radius 2 is 2.12 bits per heavy atom. The van der Waals surface area contributed by atoms with Crippen LogP contribution in [0.25, 0.3) is 11.2 Å². The van der Waals surface area contributed by atoms with E-state index in [4.69, 9.17) is 23.2 Å². The Morgan fingerprint density at radius 3 is 2.83 bits per heavy atom. The van der Waals surface area contributed by atoms with Crippen LogP contribution in [-0.2, 0) is 6.54 Å². The van der Waals surface area contributed by atoms with E-state index in [2.05, 4.69) is 21.9 Å². The second-order valence-corrected chi connectivity index (χ2v) is 6.94. The average molecular weight is 387 g/mol. The van der Waals surface area contributed by atoms with E-state index in [0.717, 1.165) is 12.2 Å². The first kappa shape index (κ1) is 17.3. The molecule has 24 heavy (non-hydrogen) atoms. The summed E-state index contributed by atoms with van der Waals surface area (Å²) >= 11 is 13.3. The highest BCUT2D eigenvalue weighted by atomic mass is 35.5. The monoisotopic (exact) mass is 386 g/mol. The smallest absolute Gasteiger partial charge is 0.302 e. The highest BCUT2D eigenvalue weighted by molar-refractivity contribution is 7.99. The molecular weight excluding hydrogens is 374 g/mol. The number of rotatable bonds is 5. The van der Waals surface area contributed by atoms with E-state index in [1.165, 1.54) is 28.5 Å². The molecule has 0 aliphatic carbocycles. The predicted molar refractivity (Wildman–Crippen MR) is 94.7 cm³/mol. The van der Waals surface area contributed by atoms with Crippen LogP contribution in [0.1, 0.15) is 18.9 Å². The zero-order chi connectivity index (χ0) is 17.3. The van der Waals surface area contributed by atoms with E-state index < -0.39 is 5.82 Å². The number of aromatic nitrogens is 4. The fourth-order valence-electron chi connectivity index (χ4n) is 2.20. The van der Waals surface area contributed by atoms with Crippen LogP contribution >= 0.6 is 35.0 Å². The van der Waals surface area contributed by atoms with Gasteiger partial charge in [-0.15, -0.1) is 0 Å². The third kappa shape index (κ3) is 3.43. The van der Waals surface area contributed by atoms with Crippen LogP contribution in [0.3, 0.4) is 0 Å². The Hall–Kier alpha value is -1.57. The lowest BCUT2D eigenvalue weighted by molar-refractivity contribution is 0.623. The van der Waals surface area contributed by atoms with Crippen LogP contribution in [0, 0.1) is 5.82 Å². The lowest BCUT2D eigenvalue weighted by Gasteiger charge is -2.06. The number of aromatic amines is 1. The first-order valence-electron chi connectivity index (χ1n) is 7.22. The zero-order valence-corrected chi connectivity index (χ0v) is 15.0. The quantitative estimate of drug-likeness (QED) is 0.407. The van der Waals surface area contributed by atoms with Crippen molar-refractivity contribution in [3.63, 3.8) is 0 Å². The molecule has 2 aromatic heterocycles. The standard InChI is InChI=1S/C15H13Cl2FN4OS/c1-2-5-24-14-20-12(17)11-13(21-14)22(15(23)19-11)7-8-3-4-9(16)10(18)6-8/h3-4,6H,2,5,7H2,1H3,(H,19,23). The summed E-state index contributed by atoms with van der Waals surface area (Å²) in [5, 5.41) is 0.731. The van der Waals surface area contributed by atoms with Gasteiger partial charge in [-0.25, -0.2) is 19.2 Å². The largest absolute Gasteiger partial charge is 0.328 e. The Balaban J connectivity index is 2.05. The number of fused-ring (bicyclic) bond motifs is 1. The summed E-state index contributed by atoms with van der Waals surface area (Å²) in [6.45, 7) is 2.20. The van der Waals surface area contributed by atoms with Gasteiger partial charge in [0.05, 0.1) is 11.6 Å². The summed E-state index contributed by atoms with van der Waals surface area (Å²) in [5.41, 5.74) is 0.984. The fraction of sp³-hybridized carbons (Fsp3) is 0.267. The van der Waals surface area contributed by atoms with E-state index in [0.29, 0.717) is 21.9 Å². The van der Waals surface area contributed by atoms with Gasteiger partial charge in [0.1, 0.15) is 11.3 Å². The second-order valence-electron chi connectivity index (χ2n) is 5.11. The van der Waals surface area contributed by atoms with Crippen LogP contribution < -0.4 is 5.69 Å². The number of imidazole rings is 1. The van der Waals surface area contributed by atoms with Crippen molar-refractivity contribution in [2.45, 2.75) is 25.0 Å². The molecule has 3 aromatic rings. The van der Waals surface area contributed by atoms with Gasteiger partial charge in [0, 0.05) is 5.75 Å². The first-order chi connectivity index (χ1) is 11.5. The zero-order valence-electron chi connectivity index (χ0n) is 12.6. The van der Waals surface area contributed by atoms with Gasteiger partial charge < -0.3 is 4.98 Å². The summed E-state index contributed by atoms with van der Waals surface area (Å²) in [6, 6.07) is 4.41. The van der Waals surface area contributed by atoms with Crippen LogP contribution in [0.15, 0.2) is 28.2 Å². The molecule has 5 nitrogen and oxygen atoms in total. The van der Waals surface area contributed by atoms with Gasteiger partial charge in [0.25, 0.3) is 0 Å². The molecule has 0 atom stereocenters. The molecule has 1 N–H and O–H groups in total. The third-order valence-electron chi connectivity index (χ3n) is 3.32. The maximum atomic E-state index is 13.6. The first-order valence-corrected chi connectivity index (χ1v) is 8.96. The number of H-pyrrole nitrogens is 1. The number of benzene rings is 1. The van der Waals surface area contributed by atoms with Crippen molar-refractivity contribution in [2.75, 3.05) is 5.75 Å². The molecule has 0 amide bonds. The van der Waals surface area contributed by atoms with Gasteiger partial charge in [-0.05, 0) is 24.1 Å². The Bertz CT molecular complexity index is 957. The highest BCUT2D eigenvalue weighted by Crippen LogP contribution is 2.23. The predicted octanol–water partition coefficient (Wildman–Crippen LogP) is 4.12. The Labute approximate surface area is 151 Å². The van der Waals surface area contributed by atoms with Crippen LogP contribution in [0.4, 0.5) is 4.39 Å². The van der Waals surface area contributed by atoms with Crippen LogP contribution in [-0.4, -0.2) is 25.3 Å². The molecule has 1 aromatic carbocycles. The van der Waals surface area contributed by atoms with E-state index in [1.54, 1.807) is 6.07 Å². The normalized spacial score (nSPS) is 11.3. The number of hydrogen-bond acceptors (Lipinski definition) is 4. The molecule has 0 radical (unpaired) electrons. The van der Waals surface area contributed by atoms with E-state index in [-0.39, 0.29) is 22.4 Å². The van der Waals surface area contributed by atoms with Crippen molar-refractivity contribution in [1.29, 1.82) is 0 Å². The number of hydrogen-bond donors (Lipinski definition) is 1. The van der Waals surface area contributed by atoms with Crippen molar-refractivity contribution in [1.82, 2.24) is 19.5 Å². The molecule has 0 aliphatic heterocycles. The van der Waals surface area contributed by atoms with Crippen LogP contribution in [0.5, 0.6) is 0 Å². The molecule has 0 aliphatic rings. The number of halogens is 3. The van der Waals surface area contributed by atoms with Gasteiger partial charge in [-0.2, -0.15) is 0 Å². The molecule has 0 bridgehead atoms. The maximum Gasteiger partial charge on any atom is 0.328 e. The topological polar surface area (TPSA) is 63.6 Å². The molecule has 0 saturated carbocycles. The van der Waals surface area contributed by atoms with Gasteiger partial charge >= 0.3 is 5.69 Å². The van der Waals surface area contributed by atoms with Gasteiger partial charge in [-0.1, -0.05) is 48.0 Å². The molecular formula is C15H13Cl2FN4OS. The molecule has 9 heteroatoms. The number of thioether (sulfide) groups is 1. The van der Waals surface area contributed by atoms with Crippen molar-refractivity contribution in [3.8, 4) is 0 Å². The van der Waals surface area contributed by atoms with Gasteiger partial charge in [0.2, 0.25) is 0 Å².